The number of nitrogens with two attached hydrogens (primary N) is 1. The highest BCUT2D eigenvalue weighted by Crippen LogP contribution is 2.20. The Morgan fingerprint density at radius 2 is 2.29 bits per heavy atom. The van der Waals surface area contributed by atoms with Crippen LogP contribution in [0.3, 0.4) is 0 Å². The predicted molar refractivity (Wildman–Crippen MR) is 68.0 cm³/mol. The number of carbonyl (C=O) groups is 1. The molecule has 1 atom stereocenters. The number of nitrogens with zero attached hydrogens (tertiary/aromatic N) is 1. The van der Waals surface area contributed by atoms with Crippen molar-refractivity contribution in [3.8, 4) is 0 Å². The molecule has 1 aromatic heterocycles. The molecule has 0 saturated heterocycles. The van der Waals surface area contributed by atoms with Gasteiger partial charge in [-0.25, -0.2) is 9.78 Å². The molecule has 1 amide bonds. The molecule has 0 aromatic carbocycles. The molecule has 0 aliphatic rings. The average molecular weight is 257 g/mol. The second-order valence-corrected chi connectivity index (χ2v) is 5.98. The van der Waals surface area contributed by atoms with Crippen LogP contribution in [-0.4, -0.2) is 23.2 Å². The second kappa shape index (κ2) is 5.46. The summed E-state index contributed by atoms with van der Waals surface area (Å²) in [7, 11) is 0. The summed E-state index contributed by atoms with van der Waals surface area (Å²) in [5.74, 6) is 0. The summed E-state index contributed by atoms with van der Waals surface area (Å²) in [6.45, 7) is 7.69. The Morgan fingerprint density at radius 3 is 2.71 bits per heavy atom. The van der Waals surface area contributed by atoms with Crippen LogP contribution in [-0.2, 0) is 4.74 Å². The average Bonchev–Trinajstić information content (AvgIpc) is 2.58. The van der Waals surface area contributed by atoms with Crippen LogP contribution in [0.2, 0.25) is 0 Å². The maximum atomic E-state index is 11.6. The molecule has 1 rings (SSSR count). The zero-order chi connectivity index (χ0) is 13.1. The highest BCUT2D eigenvalue weighted by molar-refractivity contribution is 7.11. The van der Waals surface area contributed by atoms with Crippen molar-refractivity contribution >= 4 is 17.4 Å². The number of rotatable bonds is 3. The molecule has 6 heteroatoms. The summed E-state index contributed by atoms with van der Waals surface area (Å²) in [4.78, 5) is 16.7. The molecule has 3 N–H and O–H groups in total. The largest absolute Gasteiger partial charge is 0.444 e. The minimum Gasteiger partial charge on any atom is -0.444 e. The van der Waals surface area contributed by atoms with Crippen molar-refractivity contribution in [3.05, 3.63) is 16.1 Å². The molecule has 1 unspecified atom stereocenters. The number of ether oxygens (including phenoxy) is 1. The van der Waals surface area contributed by atoms with Crippen LogP contribution in [0.1, 0.15) is 36.7 Å². The molecule has 1 heterocycles. The Morgan fingerprint density at radius 1 is 1.65 bits per heavy atom. The fourth-order valence-corrected chi connectivity index (χ4v) is 2.08. The van der Waals surface area contributed by atoms with Gasteiger partial charge in [-0.1, -0.05) is 0 Å². The number of aryl methyl sites for hydroxylation is 1. The number of alkyl carbamates (subject to hydrolysis) is 1. The van der Waals surface area contributed by atoms with Crippen molar-refractivity contribution < 1.29 is 9.53 Å². The third kappa shape index (κ3) is 4.70. The number of hydrogen-bond acceptors (Lipinski definition) is 5. The molecular formula is C11H19N3O2S. The SMILES string of the molecule is Cc1ncc(C(CN)NC(=O)OC(C)(C)C)s1. The molecule has 96 valence electrons. The monoisotopic (exact) mass is 257 g/mol. The van der Waals surface area contributed by atoms with Crippen LogP contribution < -0.4 is 11.1 Å². The number of aromatic nitrogens is 1. The van der Waals surface area contributed by atoms with E-state index in [9.17, 15) is 4.79 Å². The fourth-order valence-electron chi connectivity index (χ4n) is 1.23. The van der Waals surface area contributed by atoms with E-state index in [1.807, 2.05) is 27.7 Å². The molecule has 0 bridgehead atoms. The van der Waals surface area contributed by atoms with Gasteiger partial charge in [-0.2, -0.15) is 0 Å². The standard InChI is InChI=1S/C11H19N3O2S/c1-7-13-6-9(17-7)8(5-12)14-10(15)16-11(2,3)4/h6,8H,5,12H2,1-4H3,(H,14,15). The molecule has 0 saturated carbocycles. The minimum atomic E-state index is -0.507. The lowest BCUT2D eigenvalue weighted by Crippen LogP contribution is -2.37. The van der Waals surface area contributed by atoms with E-state index in [2.05, 4.69) is 10.3 Å². The Labute approximate surface area is 105 Å². The van der Waals surface area contributed by atoms with Crippen LogP contribution in [0.25, 0.3) is 0 Å². The number of amides is 1. The van der Waals surface area contributed by atoms with Crippen molar-refractivity contribution in [3.63, 3.8) is 0 Å². The highest BCUT2D eigenvalue weighted by atomic mass is 32.1. The molecule has 0 radical (unpaired) electrons. The van der Waals surface area contributed by atoms with Crippen LogP contribution in [0.15, 0.2) is 6.20 Å². The van der Waals surface area contributed by atoms with Gasteiger partial charge in [-0.3, -0.25) is 0 Å². The van der Waals surface area contributed by atoms with Gasteiger partial charge in [0.25, 0.3) is 0 Å². The Balaban J connectivity index is 2.62. The first kappa shape index (κ1) is 13.9. The summed E-state index contributed by atoms with van der Waals surface area (Å²) in [6.07, 6.45) is 1.27. The second-order valence-electron chi connectivity index (χ2n) is 4.72. The van der Waals surface area contributed by atoms with Gasteiger partial charge in [-0.15, -0.1) is 11.3 Å². The molecule has 5 nitrogen and oxygen atoms in total. The van der Waals surface area contributed by atoms with E-state index in [1.165, 1.54) is 11.3 Å². The summed E-state index contributed by atoms with van der Waals surface area (Å²) in [5.41, 5.74) is 5.13. The quantitative estimate of drug-likeness (QED) is 0.868. The third-order valence-electron chi connectivity index (χ3n) is 1.91. The van der Waals surface area contributed by atoms with Gasteiger partial charge in [0.15, 0.2) is 0 Å². The number of nitrogens with one attached hydrogen (secondary N) is 1. The zero-order valence-electron chi connectivity index (χ0n) is 10.6. The van der Waals surface area contributed by atoms with E-state index in [0.717, 1.165) is 9.88 Å². The first-order valence-corrected chi connectivity index (χ1v) is 6.25. The van der Waals surface area contributed by atoms with Crippen LogP contribution in [0.5, 0.6) is 0 Å². The van der Waals surface area contributed by atoms with Gasteiger partial charge in [0.05, 0.1) is 11.0 Å². The summed E-state index contributed by atoms with van der Waals surface area (Å²) in [5, 5.41) is 3.69. The molecule has 0 aliphatic heterocycles. The molecule has 17 heavy (non-hydrogen) atoms. The van der Waals surface area contributed by atoms with E-state index >= 15 is 0 Å². The Hall–Kier alpha value is -1.14. The van der Waals surface area contributed by atoms with Gasteiger partial charge in [-0.05, 0) is 27.7 Å². The van der Waals surface area contributed by atoms with Crippen molar-refractivity contribution in [1.29, 1.82) is 0 Å². The lowest BCUT2D eigenvalue weighted by Gasteiger charge is -2.22. The van der Waals surface area contributed by atoms with Gasteiger partial charge >= 0.3 is 6.09 Å². The number of carbonyl (C=O) groups excluding carboxylic acids is 1. The maximum absolute atomic E-state index is 11.6. The van der Waals surface area contributed by atoms with Crippen LogP contribution in [0, 0.1) is 6.92 Å². The molecule has 0 aliphatic carbocycles. The van der Waals surface area contributed by atoms with Crippen LogP contribution >= 0.6 is 11.3 Å². The summed E-state index contributed by atoms with van der Waals surface area (Å²) in [6, 6.07) is -0.240. The molecule has 1 aromatic rings. The smallest absolute Gasteiger partial charge is 0.408 e. The van der Waals surface area contributed by atoms with Crippen molar-refractivity contribution in [1.82, 2.24) is 10.3 Å². The van der Waals surface area contributed by atoms with Crippen molar-refractivity contribution in [2.45, 2.75) is 39.3 Å². The topological polar surface area (TPSA) is 77.2 Å². The summed E-state index contributed by atoms with van der Waals surface area (Å²) >= 11 is 1.52. The Kier molecular flexibility index (Phi) is 4.47. The molecule has 0 fully saturated rings. The van der Waals surface area contributed by atoms with E-state index in [4.69, 9.17) is 10.5 Å². The lowest BCUT2D eigenvalue weighted by atomic mass is 10.2. The maximum Gasteiger partial charge on any atom is 0.408 e. The predicted octanol–water partition coefficient (Wildman–Crippen LogP) is 1.98. The Bertz CT molecular complexity index is 384. The fraction of sp³-hybridized carbons (Fsp3) is 0.636. The number of thiazole rings is 1. The van der Waals surface area contributed by atoms with Crippen LogP contribution in [0.4, 0.5) is 4.79 Å². The highest BCUT2D eigenvalue weighted by Gasteiger charge is 2.20. The molecule has 0 spiro atoms. The zero-order valence-corrected chi connectivity index (χ0v) is 11.4. The van der Waals surface area contributed by atoms with Gasteiger partial charge in [0.2, 0.25) is 0 Å². The summed E-state index contributed by atoms with van der Waals surface area (Å²) < 4.78 is 5.18. The molecular weight excluding hydrogens is 238 g/mol. The third-order valence-corrected chi connectivity index (χ3v) is 2.94. The van der Waals surface area contributed by atoms with E-state index in [1.54, 1.807) is 6.20 Å². The van der Waals surface area contributed by atoms with Crippen molar-refractivity contribution in [2.24, 2.45) is 5.73 Å². The van der Waals surface area contributed by atoms with Crippen molar-refractivity contribution in [2.75, 3.05) is 6.54 Å². The number of hydrogen-bond donors (Lipinski definition) is 2. The first-order chi connectivity index (χ1) is 7.81. The van der Waals surface area contributed by atoms with Gasteiger partial charge < -0.3 is 15.8 Å². The van der Waals surface area contributed by atoms with E-state index in [0.29, 0.717) is 6.54 Å². The normalized spacial score (nSPS) is 13.2. The van der Waals surface area contributed by atoms with Gasteiger partial charge in [0.1, 0.15) is 5.60 Å². The van der Waals surface area contributed by atoms with E-state index < -0.39 is 11.7 Å². The first-order valence-electron chi connectivity index (χ1n) is 5.43. The van der Waals surface area contributed by atoms with Gasteiger partial charge in [0, 0.05) is 17.6 Å². The minimum absolute atomic E-state index is 0.240. The van der Waals surface area contributed by atoms with E-state index in [-0.39, 0.29) is 6.04 Å². The lowest BCUT2D eigenvalue weighted by molar-refractivity contribution is 0.0506.